The first kappa shape index (κ1) is 20.2. The van der Waals surface area contributed by atoms with Crippen molar-refractivity contribution in [3.8, 4) is 11.3 Å². The average Bonchev–Trinajstić information content (AvgIpc) is 3.21. The number of aliphatic hydroxyl groups excluding tert-OH is 1. The molecule has 0 saturated carbocycles. The number of para-hydroxylation sites is 1. The van der Waals surface area contributed by atoms with Crippen molar-refractivity contribution in [3.05, 3.63) is 101 Å². The van der Waals surface area contributed by atoms with Gasteiger partial charge in [-0.3, -0.25) is 4.79 Å². The summed E-state index contributed by atoms with van der Waals surface area (Å²) in [6, 6.07) is 26.3. The fourth-order valence-electron chi connectivity index (χ4n) is 3.88. The second-order valence-electron chi connectivity index (χ2n) is 7.60. The van der Waals surface area contributed by atoms with Gasteiger partial charge in [0.05, 0.1) is 17.3 Å². The van der Waals surface area contributed by atoms with Crippen LogP contribution in [0.5, 0.6) is 0 Å². The molecule has 5 rings (SSSR count). The molecule has 0 saturated heterocycles. The Balaban J connectivity index is 1.55. The van der Waals surface area contributed by atoms with Gasteiger partial charge in [-0.1, -0.05) is 72.3 Å². The number of nitrogens with zero attached hydrogens (tertiary/aromatic N) is 1. The van der Waals surface area contributed by atoms with Gasteiger partial charge in [-0.2, -0.15) is 0 Å². The lowest BCUT2D eigenvalue weighted by Crippen LogP contribution is -2.29. The monoisotopic (exact) mass is 441 g/mol. The molecule has 3 N–H and O–H groups in total. The van der Waals surface area contributed by atoms with Gasteiger partial charge in [-0.15, -0.1) is 0 Å². The highest BCUT2D eigenvalue weighted by Gasteiger charge is 2.18. The van der Waals surface area contributed by atoms with Crippen LogP contribution in [-0.2, 0) is 0 Å². The number of aromatic amines is 1. The van der Waals surface area contributed by atoms with Crippen molar-refractivity contribution in [3.63, 3.8) is 0 Å². The molecule has 0 aliphatic heterocycles. The van der Waals surface area contributed by atoms with Crippen LogP contribution in [0.4, 0.5) is 0 Å². The molecule has 0 aliphatic rings. The summed E-state index contributed by atoms with van der Waals surface area (Å²) in [4.78, 5) is 21.1. The van der Waals surface area contributed by atoms with E-state index in [-0.39, 0.29) is 18.1 Å². The number of nitrogens with one attached hydrogen (secondary N) is 2. The Kier molecular flexibility index (Phi) is 5.35. The highest BCUT2D eigenvalue weighted by atomic mass is 35.5. The van der Waals surface area contributed by atoms with Crippen LogP contribution in [0, 0.1) is 0 Å². The molecule has 0 aliphatic carbocycles. The number of carbonyl (C=O) groups excluding carboxylic acids is 1. The average molecular weight is 442 g/mol. The number of amides is 1. The van der Waals surface area contributed by atoms with Crippen molar-refractivity contribution in [2.45, 2.75) is 6.10 Å². The predicted molar refractivity (Wildman–Crippen MR) is 128 cm³/mol. The lowest BCUT2D eigenvalue weighted by atomic mass is 10.1. The van der Waals surface area contributed by atoms with Gasteiger partial charge in [0.1, 0.15) is 5.69 Å². The number of rotatable bonds is 5. The Hall–Kier alpha value is -3.67. The van der Waals surface area contributed by atoms with Crippen molar-refractivity contribution in [1.29, 1.82) is 0 Å². The number of halogens is 1. The third kappa shape index (κ3) is 3.84. The third-order valence-corrected chi connectivity index (χ3v) is 5.70. The minimum Gasteiger partial charge on any atom is -0.387 e. The molecule has 158 valence electrons. The van der Waals surface area contributed by atoms with E-state index in [4.69, 9.17) is 11.6 Å². The maximum absolute atomic E-state index is 13.0. The first-order chi connectivity index (χ1) is 15.6. The minimum absolute atomic E-state index is 0.0863. The van der Waals surface area contributed by atoms with Crippen LogP contribution in [0.1, 0.15) is 22.2 Å². The molecule has 0 radical (unpaired) electrons. The molecule has 0 spiro atoms. The summed E-state index contributed by atoms with van der Waals surface area (Å²) < 4.78 is 0. The predicted octanol–water partition coefficient (Wildman–Crippen LogP) is 5.50. The second kappa shape index (κ2) is 8.46. The summed E-state index contributed by atoms with van der Waals surface area (Å²) in [5.74, 6) is -0.351. The summed E-state index contributed by atoms with van der Waals surface area (Å²) in [5.41, 5.74) is 4.28. The minimum atomic E-state index is -0.802. The van der Waals surface area contributed by atoms with Crippen LogP contribution in [0.3, 0.4) is 0 Å². The van der Waals surface area contributed by atoms with E-state index in [1.165, 1.54) is 0 Å². The normalized spacial score (nSPS) is 12.2. The molecule has 5 nitrogen and oxygen atoms in total. The van der Waals surface area contributed by atoms with E-state index in [1.54, 1.807) is 12.1 Å². The smallest absolute Gasteiger partial charge is 0.270 e. The molecule has 3 aromatic carbocycles. The molecule has 6 heteroatoms. The molecule has 0 bridgehead atoms. The van der Waals surface area contributed by atoms with E-state index >= 15 is 0 Å². The van der Waals surface area contributed by atoms with Gasteiger partial charge in [0.2, 0.25) is 0 Å². The largest absolute Gasteiger partial charge is 0.387 e. The van der Waals surface area contributed by atoms with Crippen LogP contribution in [0.2, 0.25) is 5.02 Å². The number of H-pyrrole nitrogens is 1. The number of pyridine rings is 1. The molecule has 0 fully saturated rings. The van der Waals surface area contributed by atoms with E-state index < -0.39 is 6.10 Å². The van der Waals surface area contributed by atoms with Gasteiger partial charge in [0.15, 0.2) is 0 Å². The first-order valence-electron chi connectivity index (χ1n) is 10.3. The highest BCUT2D eigenvalue weighted by molar-refractivity contribution is 6.31. The number of aliphatic hydroxyl groups is 1. The molecule has 5 aromatic rings. The second-order valence-corrected chi connectivity index (χ2v) is 8.03. The molecule has 1 atom stereocenters. The van der Waals surface area contributed by atoms with Gasteiger partial charge in [0, 0.05) is 33.4 Å². The molecule has 2 aromatic heterocycles. The zero-order valence-corrected chi connectivity index (χ0v) is 17.8. The van der Waals surface area contributed by atoms with Crippen LogP contribution in [0.15, 0.2) is 84.9 Å². The molecule has 1 amide bonds. The quantitative estimate of drug-likeness (QED) is 0.337. The zero-order chi connectivity index (χ0) is 22.1. The fraction of sp³-hybridized carbons (Fsp3) is 0.0769. The lowest BCUT2D eigenvalue weighted by Gasteiger charge is -2.13. The van der Waals surface area contributed by atoms with Gasteiger partial charge in [-0.25, -0.2) is 4.98 Å². The van der Waals surface area contributed by atoms with Crippen LogP contribution >= 0.6 is 11.6 Å². The van der Waals surface area contributed by atoms with Crippen molar-refractivity contribution >= 4 is 39.3 Å². The van der Waals surface area contributed by atoms with Gasteiger partial charge >= 0.3 is 0 Å². The maximum Gasteiger partial charge on any atom is 0.270 e. The topological polar surface area (TPSA) is 78.0 Å². The fourth-order valence-corrected chi connectivity index (χ4v) is 4.07. The summed E-state index contributed by atoms with van der Waals surface area (Å²) >= 11 is 6.22. The van der Waals surface area contributed by atoms with Crippen molar-refractivity contribution < 1.29 is 9.90 Å². The maximum atomic E-state index is 13.0. The number of carbonyl (C=O) groups is 1. The van der Waals surface area contributed by atoms with E-state index in [2.05, 4.69) is 15.3 Å². The lowest BCUT2D eigenvalue weighted by molar-refractivity contribution is 0.0911. The Morgan fingerprint density at radius 1 is 0.969 bits per heavy atom. The Morgan fingerprint density at radius 3 is 2.56 bits per heavy atom. The third-order valence-electron chi connectivity index (χ3n) is 5.47. The number of fused-ring (bicyclic) bond motifs is 3. The van der Waals surface area contributed by atoms with Crippen LogP contribution < -0.4 is 5.32 Å². The summed E-state index contributed by atoms with van der Waals surface area (Å²) in [6.45, 7) is 0.0863. The number of benzene rings is 3. The standard InChI is InChI=1S/C26H20ClN3O2/c27-18-10-6-9-17(13-18)24-25-20(19-11-4-5-12-21(19)29-25)14-22(30-24)26(32)28-15-23(31)16-7-2-1-3-8-16/h1-14,23,29,31H,15H2,(H,28,32). The first-order valence-corrected chi connectivity index (χ1v) is 10.7. The molecule has 1 unspecified atom stereocenters. The number of aromatic nitrogens is 2. The van der Waals surface area contributed by atoms with Crippen molar-refractivity contribution in [2.24, 2.45) is 0 Å². The van der Waals surface area contributed by atoms with Gasteiger partial charge in [-0.05, 0) is 29.8 Å². The van der Waals surface area contributed by atoms with E-state index in [0.29, 0.717) is 10.7 Å². The zero-order valence-electron chi connectivity index (χ0n) is 17.0. The number of hydrogen-bond acceptors (Lipinski definition) is 3. The van der Waals surface area contributed by atoms with Gasteiger partial charge < -0.3 is 15.4 Å². The van der Waals surface area contributed by atoms with E-state index in [9.17, 15) is 9.90 Å². The van der Waals surface area contributed by atoms with Crippen molar-refractivity contribution in [2.75, 3.05) is 6.54 Å². The van der Waals surface area contributed by atoms with Crippen LogP contribution in [0.25, 0.3) is 33.1 Å². The molecule has 32 heavy (non-hydrogen) atoms. The van der Waals surface area contributed by atoms with Gasteiger partial charge in [0.25, 0.3) is 5.91 Å². The molecule has 2 heterocycles. The summed E-state index contributed by atoms with van der Waals surface area (Å²) in [5, 5.41) is 15.7. The van der Waals surface area contributed by atoms with E-state index in [0.717, 1.165) is 32.9 Å². The molecular weight excluding hydrogens is 422 g/mol. The summed E-state index contributed by atoms with van der Waals surface area (Å²) in [6.07, 6.45) is -0.802. The SMILES string of the molecule is O=C(NCC(O)c1ccccc1)c1cc2c([nH]c3ccccc32)c(-c2cccc(Cl)c2)n1. The Morgan fingerprint density at radius 2 is 1.75 bits per heavy atom. The Labute approximate surface area is 189 Å². The van der Waals surface area contributed by atoms with Crippen molar-refractivity contribution in [1.82, 2.24) is 15.3 Å². The highest BCUT2D eigenvalue weighted by Crippen LogP contribution is 2.33. The number of hydrogen-bond donors (Lipinski definition) is 3. The van der Waals surface area contributed by atoms with Crippen LogP contribution in [-0.4, -0.2) is 27.5 Å². The summed E-state index contributed by atoms with van der Waals surface area (Å²) in [7, 11) is 0. The molecular formula is C26H20ClN3O2. The van der Waals surface area contributed by atoms with E-state index in [1.807, 2.05) is 72.8 Å². The Bertz CT molecular complexity index is 1430.